The first-order valence-corrected chi connectivity index (χ1v) is 6.36. The number of nitrogens with two attached hydrogens (primary N) is 1. The van der Waals surface area contributed by atoms with E-state index in [1.165, 1.54) is 7.11 Å². The van der Waals surface area contributed by atoms with Crippen LogP contribution in [0.4, 0.5) is 4.79 Å². The number of carbonyl (C=O) groups is 3. The van der Waals surface area contributed by atoms with E-state index in [1.54, 1.807) is 0 Å². The van der Waals surface area contributed by atoms with Crippen molar-refractivity contribution in [1.82, 2.24) is 10.6 Å². The van der Waals surface area contributed by atoms with E-state index in [1.807, 2.05) is 13.8 Å². The molecule has 8 nitrogen and oxygen atoms in total. The Bertz CT molecular complexity index is 346. The molecule has 0 heterocycles. The maximum Gasteiger partial charge on any atom is 0.326 e. The number of methoxy groups -OCH3 is 1. The van der Waals surface area contributed by atoms with Crippen LogP contribution in [0.15, 0.2) is 0 Å². The third-order valence-electron chi connectivity index (χ3n) is 2.57. The lowest BCUT2D eigenvalue weighted by Crippen LogP contribution is -2.53. The summed E-state index contributed by atoms with van der Waals surface area (Å²) in [5.41, 5.74) is 5.01. The lowest BCUT2D eigenvalue weighted by Gasteiger charge is -2.21. The van der Waals surface area contributed by atoms with Crippen molar-refractivity contribution < 1.29 is 24.2 Å². The maximum absolute atomic E-state index is 12.0. The lowest BCUT2D eigenvalue weighted by atomic mass is 10.0. The van der Waals surface area contributed by atoms with Gasteiger partial charge >= 0.3 is 12.0 Å². The second-order valence-corrected chi connectivity index (χ2v) is 4.87. The molecular weight excluding hydrogens is 266 g/mol. The van der Waals surface area contributed by atoms with Gasteiger partial charge in [-0.15, -0.1) is 0 Å². The topological polar surface area (TPSA) is 131 Å². The van der Waals surface area contributed by atoms with E-state index in [9.17, 15) is 14.4 Å². The summed E-state index contributed by atoms with van der Waals surface area (Å²) in [4.78, 5) is 33.9. The summed E-state index contributed by atoms with van der Waals surface area (Å²) in [7, 11) is 1.44. The average molecular weight is 289 g/mol. The number of ether oxygens (including phenoxy) is 1. The molecule has 0 spiro atoms. The zero-order valence-electron chi connectivity index (χ0n) is 12.0. The summed E-state index contributed by atoms with van der Waals surface area (Å²) < 4.78 is 4.79. The molecule has 2 atom stereocenters. The Labute approximate surface area is 118 Å². The highest BCUT2D eigenvalue weighted by Crippen LogP contribution is 2.06. The fourth-order valence-corrected chi connectivity index (χ4v) is 1.64. The van der Waals surface area contributed by atoms with E-state index < -0.39 is 30.0 Å². The van der Waals surface area contributed by atoms with Gasteiger partial charge < -0.3 is 26.2 Å². The highest BCUT2D eigenvalue weighted by atomic mass is 16.5. The number of carbonyl (C=O) groups excluding carboxylic acids is 2. The molecule has 0 aromatic heterocycles. The number of hydrogen-bond acceptors (Lipinski definition) is 4. The van der Waals surface area contributed by atoms with Crippen molar-refractivity contribution in [2.75, 3.05) is 13.7 Å². The van der Waals surface area contributed by atoms with Crippen LogP contribution in [-0.2, 0) is 14.3 Å². The lowest BCUT2D eigenvalue weighted by molar-refractivity contribution is -0.142. The van der Waals surface area contributed by atoms with Crippen molar-refractivity contribution in [3.8, 4) is 0 Å². The Kier molecular flexibility index (Phi) is 8.30. The normalized spacial score (nSPS) is 13.6. The quantitative estimate of drug-likeness (QED) is 0.462. The van der Waals surface area contributed by atoms with E-state index in [0.29, 0.717) is 6.42 Å². The number of carboxylic acid groups (broad SMARTS) is 1. The van der Waals surface area contributed by atoms with E-state index in [-0.39, 0.29) is 18.9 Å². The molecule has 0 bridgehead atoms. The van der Waals surface area contributed by atoms with Crippen LogP contribution < -0.4 is 16.4 Å². The molecule has 0 aromatic carbocycles. The summed E-state index contributed by atoms with van der Waals surface area (Å²) in [5.74, 6) is -1.58. The zero-order chi connectivity index (χ0) is 15.7. The second kappa shape index (κ2) is 9.13. The Morgan fingerprint density at radius 2 is 1.80 bits per heavy atom. The van der Waals surface area contributed by atoms with Gasteiger partial charge in [0.1, 0.15) is 12.1 Å². The molecule has 0 aliphatic rings. The van der Waals surface area contributed by atoms with E-state index >= 15 is 0 Å². The van der Waals surface area contributed by atoms with Gasteiger partial charge in [0.15, 0.2) is 0 Å². The molecule has 3 amide bonds. The minimum absolute atomic E-state index is 0.139. The predicted molar refractivity (Wildman–Crippen MR) is 72.0 cm³/mol. The van der Waals surface area contributed by atoms with E-state index in [0.717, 1.165) is 0 Å². The molecule has 0 rings (SSSR count). The molecule has 5 N–H and O–H groups in total. The Balaban J connectivity index is 4.68. The third-order valence-corrected chi connectivity index (χ3v) is 2.57. The van der Waals surface area contributed by atoms with Crippen LogP contribution in [0.3, 0.4) is 0 Å². The number of urea groups is 1. The molecule has 0 aromatic rings. The average Bonchev–Trinajstić information content (AvgIpc) is 2.31. The van der Waals surface area contributed by atoms with Crippen molar-refractivity contribution in [2.24, 2.45) is 11.7 Å². The van der Waals surface area contributed by atoms with Crippen molar-refractivity contribution in [2.45, 2.75) is 38.8 Å². The fourth-order valence-electron chi connectivity index (χ4n) is 1.64. The highest BCUT2D eigenvalue weighted by Gasteiger charge is 2.26. The molecule has 20 heavy (non-hydrogen) atoms. The molecule has 0 radical (unpaired) electrons. The molecule has 8 heteroatoms. The number of amides is 3. The van der Waals surface area contributed by atoms with Crippen LogP contribution in [0.5, 0.6) is 0 Å². The summed E-state index contributed by atoms with van der Waals surface area (Å²) in [6.07, 6.45) is 0.508. The molecule has 2 unspecified atom stereocenters. The van der Waals surface area contributed by atoms with Gasteiger partial charge in [0, 0.05) is 20.1 Å². The van der Waals surface area contributed by atoms with Crippen molar-refractivity contribution in [3.63, 3.8) is 0 Å². The van der Waals surface area contributed by atoms with Crippen LogP contribution in [0.2, 0.25) is 0 Å². The molecule has 0 fully saturated rings. The molecular formula is C12H23N3O5. The van der Waals surface area contributed by atoms with Crippen LogP contribution >= 0.6 is 0 Å². The first-order chi connectivity index (χ1) is 9.27. The largest absolute Gasteiger partial charge is 0.480 e. The van der Waals surface area contributed by atoms with Crippen LogP contribution in [-0.4, -0.2) is 48.8 Å². The van der Waals surface area contributed by atoms with Gasteiger partial charge in [-0.25, -0.2) is 9.59 Å². The number of carboxylic acids is 1. The van der Waals surface area contributed by atoms with Gasteiger partial charge in [0.25, 0.3) is 0 Å². The predicted octanol–water partition coefficient (Wildman–Crippen LogP) is -0.325. The zero-order valence-corrected chi connectivity index (χ0v) is 12.0. The minimum Gasteiger partial charge on any atom is -0.480 e. The number of nitrogens with one attached hydrogen (secondary N) is 2. The van der Waals surface area contributed by atoms with Gasteiger partial charge in [-0.3, -0.25) is 4.79 Å². The molecule has 0 aliphatic heterocycles. The molecule has 116 valence electrons. The van der Waals surface area contributed by atoms with E-state index in [4.69, 9.17) is 15.6 Å². The fraction of sp³-hybridized carbons (Fsp3) is 0.750. The van der Waals surface area contributed by atoms with Gasteiger partial charge in [0.05, 0.1) is 0 Å². The standard InChI is InChI=1S/C12H23N3O5/c1-7(2)6-9(15-12(13)19)10(16)14-8(11(17)18)4-5-20-3/h7-9H,4-6H2,1-3H3,(H,14,16)(H,17,18)(H3,13,15,19). The number of rotatable bonds is 9. The summed E-state index contributed by atoms with van der Waals surface area (Å²) in [6.45, 7) is 3.96. The molecule has 0 saturated carbocycles. The smallest absolute Gasteiger partial charge is 0.326 e. The number of primary amides is 1. The molecule has 0 aliphatic carbocycles. The van der Waals surface area contributed by atoms with Gasteiger partial charge in [-0.05, 0) is 12.3 Å². The minimum atomic E-state index is -1.15. The van der Waals surface area contributed by atoms with E-state index in [2.05, 4.69) is 10.6 Å². The van der Waals surface area contributed by atoms with Gasteiger partial charge in [0.2, 0.25) is 5.91 Å². The number of hydrogen-bond donors (Lipinski definition) is 4. The highest BCUT2D eigenvalue weighted by molar-refractivity contribution is 5.89. The van der Waals surface area contributed by atoms with Crippen molar-refractivity contribution in [3.05, 3.63) is 0 Å². The summed E-state index contributed by atoms with van der Waals surface area (Å²) >= 11 is 0. The Morgan fingerprint density at radius 1 is 1.20 bits per heavy atom. The first kappa shape index (κ1) is 18.2. The van der Waals surface area contributed by atoms with Crippen molar-refractivity contribution in [1.29, 1.82) is 0 Å². The first-order valence-electron chi connectivity index (χ1n) is 6.36. The monoisotopic (exact) mass is 289 g/mol. The second-order valence-electron chi connectivity index (χ2n) is 4.87. The summed E-state index contributed by atoms with van der Waals surface area (Å²) in [6, 6.07) is -2.74. The third kappa shape index (κ3) is 7.57. The van der Waals surface area contributed by atoms with Gasteiger partial charge in [-0.2, -0.15) is 0 Å². The molecule has 0 saturated heterocycles. The van der Waals surface area contributed by atoms with Crippen LogP contribution in [0.1, 0.15) is 26.7 Å². The number of aliphatic carboxylic acids is 1. The van der Waals surface area contributed by atoms with Crippen molar-refractivity contribution >= 4 is 17.9 Å². The Morgan fingerprint density at radius 3 is 2.20 bits per heavy atom. The van der Waals surface area contributed by atoms with Crippen LogP contribution in [0.25, 0.3) is 0 Å². The Hall–Kier alpha value is -1.83. The van der Waals surface area contributed by atoms with Gasteiger partial charge in [-0.1, -0.05) is 13.8 Å². The van der Waals surface area contributed by atoms with Crippen LogP contribution in [0, 0.1) is 5.92 Å². The SMILES string of the molecule is COCCC(NC(=O)C(CC(C)C)NC(N)=O)C(=O)O. The summed E-state index contributed by atoms with van der Waals surface area (Å²) in [5, 5.41) is 13.7. The maximum atomic E-state index is 12.0.